The maximum Gasteiger partial charge on any atom is 0.391 e. The Morgan fingerprint density at radius 1 is 1.28 bits per heavy atom. The molecule has 0 saturated carbocycles. The molecule has 104 valence electrons. The molecule has 2 heterocycles. The van der Waals surface area contributed by atoms with Gasteiger partial charge in [-0.25, -0.2) is 0 Å². The summed E-state index contributed by atoms with van der Waals surface area (Å²) in [5, 5.41) is 3.12. The third-order valence-corrected chi connectivity index (χ3v) is 4.55. The van der Waals surface area contributed by atoms with Crippen LogP contribution < -0.4 is 5.32 Å². The van der Waals surface area contributed by atoms with E-state index in [0.717, 1.165) is 18.1 Å². The minimum absolute atomic E-state index is 0.0368. The van der Waals surface area contributed by atoms with Gasteiger partial charge in [0.25, 0.3) is 0 Å². The van der Waals surface area contributed by atoms with Crippen molar-refractivity contribution in [2.45, 2.75) is 25.1 Å². The van der Waals surface area contributed by atoms with Gasteiger partial charge in [-0.2, -0.15) is 24.9 Å². The lowest BCUT2D eigenvalue weighted by molar-refractivity contribution is -0.186. The van der Waals surface area contributed by atoms with Crippen LogP contribution in [0.3, 0.4) is 0 Å². The van der Waals surface area contributed by atoms with Crippen molar-refractivity contribution < 1.29 is 18.0 Å². The zero-order valence-electron chi connectivity index (χ0n) is 10.0. The first kappa shape index (κ1) is 14.0. The highest BCUT2D eigenvalue weighted by Crippen LogP contribution is 2.34. The molecule has 3 nitrogen and oxygen atoms in total. The Balaban J connectivity index is 1.83. The lowest BCUT2D eigenvalue weighted by Crippen LogP contribution is -2.53. The highest BCUT2D eigenvalue weighted by Gasteiger charge is 2.42. The van der Waals surface area contributed by atoms with E-state index in [-0.39, 0.29) is 37.9 Å². The second-order valence-corrected chi connectivity index (χ2v) is 5.87. The summed E-state index contributed by atoms with van der Waals surface area (Å²) in [4.78, 5) is 13.7. The van der Waals surface area contributed by atoms with Gasteiger partial charge in [-0.1, -0.05) is 0 Å². The average molecular weight is 282 g/mol. The van der Waals surface area contributed by atoms with Crippen LogP contribution >= 0.6 is 11.8 Å². The Morgan fingerprint density at radius 3 is 2.44 bits per heavy atom. The van der Waals surface area contributed by atoms with Crippen molar-refractivity contribution in [3.05, 3.63) is 0 Å². The Labute approximate surface area is 108 Å². The maximum atomic E-state index is 12.5. The van der Waals surface area contributed by atoms with Gasteiger partial charge in [0.15, 0.2) is 0 Å². The Kier molecular flexibility index (Phi) is 4.42. The highest BCUT2D eigenvalue weighted by molar-refractivity contribution is 7.99. The molecule has 0 spiro atoms. The number of halogens is 3. The van der Waals surface area contributed by atoms with Crippen molar-refractivity contribution >= 4 is 17.7 Å². The van der Waals surface area contributed by atoms with Crippen LogP contribution in [0.5, 0.6) is 0 Å². The van der Waals surface area contributed by atoms with Crippen molar-refractivity contribution in [3.63, 3.8) is 0 Å². The highest BCUT2D eigenvalue weighted by atomic mass is 32.2. The summed E-state index contributed by atoms with van der Waals surface area (Å²) < 4.78 is 37.5. The van der Waals surface area contributed by atoms with Crippen LogP contribution in [0.1, 0.15) is 12.8 Å². The van der Waals surface area contributed by atoms with Crippen LogP contribution in [0.15, 0.2) is 0 Å². The van der Waals surface area contributed by atoms with Crippen LogP contribution in [0, 0.1) is 5.92 Å². The van der Waals surface area contributed by atoms with Gasteiger partial charge in [-0.3, -0.25) is 4.79 Å². The number of carbonyl (C=O) groups excluding carboxylic acids is 1. The van der Waals surface area contributed by atoms with Gasteiger partial charge in [0.2, 0.25) is 5.91 Å². The summed E-state index contributed by atoms with van der Waals surface area (Å²) in [6.07, 6.45) is -4.04. The van der Waals surface area contributed by atoms with E-state index in [4.69, 9.17) is 0 Å². The third-order valence-electron chi connectivity index (χ3n) is 3.49. The van der Waals surface area contributed by atoms with Crippen molar-refractivity contribution in [1.82, 2.24) is 10.2 Å². The first-order valence-corrected chi connectivity index (χ1v) is 7.30. The number of rotatable bonds is 1. The van der Waals surface area contributed by atoms with E-state index in [0.29, 0.717) is 0 Å². The normalized spacial score (nSPS) is 27.3. The van der Waals surface area contributed by atoms with Crippen molar-refractivity contribution in [1.29, 1.82) is 0 Å². The predicted molar refractivity (Wildman–Crippen MR) is 64.5 cm³/mol. The standard InChI is InChI=1S/C11H17F3N2OS/c12-11(13,14)8-1-4-16(5-2-8)10(17)9-7-18-6-3-15-9/h8-9,15H,1-7H2. The molecular weight excluding hydrogens is 265 g/mol. The van der Waals surface area contributed by atoms with Gasteiger partial charge in [0, 0.05) is 31.1 Å². The molecule has 1 unspecified atom stereocenters. The monoisotopic (exact) mass is 282 g/mol. The molecule has 2 saturated heterocycles. The van der Waals surface area contributed by atoms with E-state index >= 15 is 0 Å². The van der Waals surface area contributed by atoms with E-state index in [1.165, 1.54) is 0 Å². The summed E-state index contributed by atoms with van der Waals surface area (Å²) in [5.41, 5.74) is 0. The number of hydrogen-bond acceptors (Lipinski definition) is 3. The number of alkyl halides is 3. The molecule has 0 radical (unpaired) electrons. The van der Waals surface area contributed by atoms with Gasteiger partial charge in [0.05, 0.1) is 12.0 Å². The molecule has 0 bridgehead atoms. The zero-order valence-corrected chi connectivity index (χ0v) is 10.8. The predicted octanol–water partition coefficient (Wildman–Crippen LogP) is 1.49. The average Bonchev–Trinajstić information content (AvgIpc) is 2.38. The van der Waals surface area contributed by atoms with Crippen LogP contribution in [-0.4, -0.2) is 54.2 Å². The van der Waals surface area contributed by atoms with E-state index in [2.05, 4.69) is 5.32 Å². The summed E-state index contributed by atoms with van der Waals surface area (Å²) in [6, 6.07) is -0.216. The summed E-state index contributed by atoms with van der Waals surface area (Å²) in [6.45, 7) is 1.25. The molecule has 2 aliphatic heterocycles. The second kappa shape index (κ2) is 5.69. The van der Waals surface area contributed by atoms with E-state index in [1.807, 2.05) is 0 Å². The number of hydrogen-bond donors (Lipinski definition) is 1. The summed E-state index contributed by atoms with van der Waals surface area (Å²) in [7, 11) is 0. The first-order chi connectivity index (χ1) is 8.48. The zero-order chi connectivity index (χ0) is 13.2. The second-order valence-electron chi connectivity index (χ2n) is 4.72. The molecule has 0 aromatic heterocycles. The van der Waals surface area contributed by atoms with Gasteiger partial charge in [0.1, 0.15) is 0 Å². The fourth-order valence-corrected chi connectivity index (χ4v) is 3.30. The minimum atomic E-state index is -4.12. The molecule has 2 aliphatic rings. The molecule has 1 amide bonds. The maximum absolute atomic E-state index is 12.5. The summed E-state index contributed by atoms with van der Waals surface area (Å²) in [5.74, 6) is 0.427. The number of thioether (sulfide) groups is 1. The number of carbonyl (C=O) groups is 1. The van der Waals surface area contributed by atoms with Crippen LogP contribution in [0.4, 0.5) is 13.2 Å². The van der Waals surface area contributed by atoms with Crippen LogP contribution in [0.25, 0.3) is 0 Å². The third kappa shape index (κ3) is 3.32. The molecule has 2 fully saturated rings. The van der Waals surface area contributed by atoms with Gasteiger partial charge < -0.3 is 10.2 Å². The Hall–Kier alpha value is -0.430. The number of amides is 1. The quantitative estimate of drug-likeness (QED) is 0.791. The van der Waals surface area contributed by atoms with E-state index in [9.17, 15) is 18.0 Å². The first-order valence-electron chi connectivity index (χ1n) is 6.15. The number of nitrogens with zero attached hydrogens (tertiary/aromatic N) is 1. The number of nitrogens with one attached hydrogen (secondary N) is 1. The Morgan fingerprint density at radius 2 is 1.94 bits per heavy atom. The number of piperidine rings is 1. The molecular formula is C11H17F3N2OS. The molecule has 7 heteroatoms. The molecule has 2 rings (SSSR count). The van der Waals surface area contributed by atoms with Gasteiger partial charge in [-0.05, 0) is 12.8 Å². The lowest BCUT2D eigenvalue weighted by Gasteiger charge is -2.35. The molecule has 18 heavy (non-hydrogen) atoms. The summed E-state index contributed by atoms with van der Waals surface area (Å²) >= 11 is 1.71. The van der Waals surface area contributed by atoms with Crippen molar-refractivity contribution in [3.8, 4) is 0 Å². The smallest absolute Gasteiger partial charge is 0.341 e. The number of likely N-dealkylation sites (tertiary alicyclic amines) is 1. The van der Waals surface area contributed by atoms with Crippen molar-refractivity contribution in [2.24, 2.45) is 5.92 Å². The SMILES string of the molecule is O=C(C1CSCCN1)N1CCC(C(F)(F)F)CC1. The molecule has 0 aromatic carbocycles. The largest absolute Gasteiger partial charge is 0.391 e. The minimum Gasteiger partial charge on any atom is -0.341 e. The van der Waals surface area contributed by atoms with Crippen LogP contribution in [-0.2, 0) is 4.79 Å². The molecule has 1 N–H and O–H groups in total. The van der Waals surface area contributed by atoms with Gasteiger partial charge >= 0.3 is 6.18 Å². The topological polar surface area (TPSA) is 32.3 Å². The van der Waals surface area contributed by atoms with Crippen molar-refractivity contribution in [2.75, 3.05) is 31.1 Å². The molecule has 0 aliphatic carbocycles. The van der Waals surface area contributed by atoms with E-state index in [1.54, 1.807) is 16.7 Å². The van der Waals surface area contributed by atoms with Gasteiger partial charge in [-0.15, -0.1) is 0 Å². The molecule has 0 aromatic rings. The van der Waals surface area contributed by atoms with Crippen LogP contribution in [0.2, 0.25) is 0 Å². The lowest BCUT2D eigenvalue weighted by atomic mass is 9.96. The Bertz CT molecular complexity index is 297. The fraction of sp³-hybridized carbons (Fsp3) is 0.909. The molecule has 1 atom stereocenters. The van der Waals surface area contributed by atoms with E-state index < -0.39 is 12.1 Å². The fourth-order valence-electron chi connectivity index (χ4n) is 2.37.